The van der Waals surface area contributed by atoms with Crippen molar-refractivity contribution < 1.29 is 9.59 Å². The average Bonchev–Trinajstić information content (AvgIpc) is 3.00. The number of hydrogen-bond acceptors (Lipinski definition) is 2. The molecule has 0 unspecified atom stereocenters. The Balaban J connectivity index is 1.71. The largest absolute Gasteiger partial charge is 0.353 e. The molecule has 124 valence electrons. The van der Waals surface area contributed by atoms with Crippen LogP contribution in [0.2, 0.25) is 0 Å². The molecule has 1 aromatic rings. The van der Waals surface area contributed by atoms with E-state index in [1.54, 1.807) is 7.05 Å². The molecular weight excluding hydrogens is 290 g/mol. The van der Waals surface area contributed by atoms with Crippen molar-refractivity contribution in [2.45, 2.75) is 56.4 Å². The van der Waals surface area contributed by atoms with Gasteiger partial charge in [0.1, 0.15) is 0 Å². The molecule has 2 fully saturated rings. The molecule has 0 saturated heterocycles. The third-order valence-corrected chi connectivity index (χ3v) is 5.25. The molecule has 2 aliphatic rings. The van der Waals surface area contributed by atoms with E-state index in [0.29, 0.717) is 6.04 Å². The highest BCUT2D eigenvalue weighted by molar-refractivity contribution is 5.91. The fourth-order valence-corrected chi connectivity index (χ4v) is 3.64. The lowest BCUT2D eigenvalue weighted by Crippen LogP contribution is -2.51. The molecule has 0 radical (unpaired) electrons. The van der Waals surface area contributed by atoms with E-state index in [4.69, 9.17) is 0 Å². The molecule has 23 heavy (non-hydrogen) atoms. The summed E-state index contributed by atoms with van der Waals surface area (Å²) in [6, 6.07) is 7.79. The lowest BCUT2D eigenvalue weighted by atomic mass is 9.63. The second kappa shape index (κ2) is 6.60. The van der Waals surface area contributed by atoms with E-state index in [9.17, 15) is 9.59 Å². The molecule has 2 saturated carbocycles. The van der Waals surface area contributed by atoms with Gasteiger partial charge in [0.2, 0.25) is 5.91 Å². The van der Waals surface area contributed by atoms with Crippen LogP contribution in [0.5, 0.6) is 0 Å². The van der Waals surface area contributed by atoms with Crippen LogP contribution in [0.4, 0.5) is 10.5 Å². The minimum atomic E-state index is -0.367. The Labute approximate surface area is 137 Å². The summed E-state index contributed by atoms with van der Waals surface area (Å²) < 4.78 is 0. The molecule has 1 aromatic carbocycles. The minimum Gasteiger partial charge on any atom is -0.353 e. The van der Waals surface area contributed by atoms with Gasteiger partial charge in [-0.1, -0.05) is 31.4 Å². The standard InChI is InChI=1S/C18H25N3O2/c1-19-17(23)21-15-9-7-13(8-10-15)18(11-4-12-18)16(22)20-14-5-2-3-6-14/h7-10,14H,2-6,11-12H2,1H3,(H,20,22)(H2,19,21,23). The predicted octanol–water partition coefficient (Wildman–Crippen LogP) is 2.92. The van der Waals surface area contributed by atoms with E-state index in [-0.39, 0.29) is 17.4 Å². The lowest BCUT2D eigenvalue weighted by molar-refractivity contribution is -0.130. The number of urea groups is 1. The highest BCUT2D eigenvalue weighted by Gasteiger charge is 2.46. The van der Waals surface area contributed by atoms with E-state index in [1.807, 2.05) is 24.3 Å². The Kier molecular flexibility index (Phi) is 4.55. The minimum absolute atomic E-state index is 0.183. The summed E-state index contributed by atoms with van der Waals surface area (Å²) in [6.07, 6.45) is 7.57. The van der Waals surface area contributed by atoms with Gasteiger partial charge >= 0.3 is 6.03 Å². The fourth-order valence-electron chi connectivity index (χ4n) is 3.64. The number of anilines is 1. The molecule has 0 aromatic heterocycles. The third kappa shape index (κ3) is 3.19. The maximum atomic E-state index is 12.8. The smallest absolute Gasteiger partial charge is 0.318 e. The molecule has 3 amide bonds. The van der Waals surface area contributed by atoms with E-state index in [0.717, 1.165) is 43.4 Å². The Morgan fingerprint density at radius 3 is 2.22 bits per heavy atom. The number of amides is 3. The van der Waals surface area contributed by atoms with Crippen LogP contribution in [0.15, 0.2) is 24.3 Å². The van der Waals surface area contributed by atoms with Crippen molar-refractivity contribution in [1.29, 1.82) is 0 Å². The summed E-state index contributed by atoms with van der Waals surface area (Å²) in [4.78, 5) is 24.2. The van der Waals surface area contributed by atoms with E-state index < -0.39 is 0 Å². The van der Waals surface area contributed by atoms with Gasteiger partial charge in [0.05, 0.1) is 5.41 Å². The quantitative estimate of drug-likeness (QED) is 0.799. The van der Waals surface area contributed by atoms with E-state index in [2.05, 4.69) is 16.0 Å². The van der Waals surface area contributed by atoms with Crippen molar-refractivity contribution in [3.8, 4) is 0 Å². The average molecular weight is 315 g/mol. The van der Waals surface area contributed by atoms with Gasteiger partial charge in [-0.15, -0.1) is 0 Å². The Morgan fingerprint density at radius 2 is 1.70 bits per heavy atom. The van der Waals surface area contributed by atoms with Crippen LogP contribution in [-0.2, 0) is 10.2 Å². The van der Waals surface area contributed by atoms with Crippen LogP contribution < -0.4 is 16.0 Å². The van der Waals surface area contributed by atoms with Crippen molar-refractivity contribution in [3.63, 3.8) is 0 Å². The van der Waals surface area contributed by atoms with Crippen LogP contribution in [0.3, 0.4) is 0 Å². The first-order valence-corrected chi connectivity index (χ1v) is 8.54. The Bertz CT molecular complexity index is 572. The molecule has 0 atom stereocenters. The number of carbonyl (C=O) groups is 2. The zero-order chi connectivity index (χ0) is 16.3. The first-order valence-electron chi connectivity index (χ1n) is 8.54. The molecule has 0 spiro atoms. The number of benzene rings is 1. The summed E-state index contributed by atoms with van der Waals surface area (Å²) in [6.45, 7) is 0. The molecule has 0 bridgehead atoms. The molecule has 5 heteroatoms. The van der Waals surface area contributed by atoms with Gasteiger partial charge in [-0.2, -0.15) is 0 Å². The van der Waals surface area contributed by atoms with Gasteiger partial charge in [-0.25, -0.2) is 4.79 Å². The molecule has 5 nitrogen and oxygen atoms in total. The molecule has 0 aliphatic heterocycles. The number of hydrogen-bond donors (Lipinski definition) is 3. The van der Waals surface area contributed by atoms with Gasteiger partial charge in [-0.05, 0) is 43.4 Å². The van der Waals surface area contributed by atoms with Crippen molar-refractivity contribution in [3.05, 3.63) is 29.8 Å². The highest BCUT2D eigenvalue weighted by Crippen LogP contribution is 2.44. The Morgan fingerprint density at radius 1 is 1.04 bits per heavy atom. The van der Waals surface area contributed by atoms with Crippen LogP contribution in [0.25, 0.3) is 0 Å². The van der Waals surface area contributed by atoms with Crippen molar-refractivity contribution in [2.75, 3.05) is 12.4 Å². The molecule has 3 rings (SSSR count). The van der Waals surface area contributed by atoms with Crippen molar-refractivity contribution >= 4 is 17.6 Å². The second-order valence-corrected chi connectivity index (χ2v) is 6.67. The number of rotatable bonds is 4. The van der Waals surface area contributed by atoms with Crippen LogP contribution in [0, 0.1) is 0 Å². The normalized spacial score (nSPS) is 19.7. The topological polar surface area (TPSA) is 70.2 Å². The SMILES string of the molecule is CNC(=O)Nc1ccc(C2(C(=O)NC3CCCC3)CCC2)cc1. The maximum Gasteiger partial charge on any atom is 0.318 e. The van der Waals surface area contributed by atoms with E-state index in [1.165, 1.54) is 12.8 Å². The molecule has 3 N–H and O–H groups in total. The number of carbonyl (C=O) groups excluding carboxylic acids is 2. The van der Waals surface area contributed by atoms with Gasteiger partial charge in [0.15, 0.2) is 0 Å². The maximum absolute atomic E-state index is 12.8. The van der Waals surface area contributed by atoms with Gasteiger partial charge < -0.3 is 16.0 Å². The zero-order valence-electron chi connectivity index (χ0n) is 13.7. The van der Waals surface area contributed by atoms with Crippen LogP contribution in [-0.4, -0.2) is 25.0 Å². The van der Waals surface area contributed by atoms with Gasteiger partial charge in [-0.3, -0.25) is 4.79 Å². The molecular formula is C18H25N3O2. The Hall–Kier alpha value is -2.04. The summed E-state index contributed by atoms with van der Waals surface area (Å²) >= 11 is 0. The lowest BCUT2D eigenvalue weighted by Gasteiger charge is -2.41. The van der Waals surface area contributed by atoms with Gasteiger partial charge in [0.25, 0.3) is 0 Å². The highest BCUT2D eigenvalue weighted by atomic mass is 16.2. The predicted molar refractivity (Wildman–Crippen MR) is 90.4 cm³/mol. The fraction of sp³-hybridized carbons (Fsp3) is 0.556. The third-order valence-electron chi connectivity index (χ3n) is 5.25. The summed E-state index contributed by atoms with van der Waals surface area (Å²) in [5.41, 5.74) is 1.43. The van der Waals surface area contributed by atoms with Gasteiger partial charge in [0, 0.05) is 18.8 Å². The number of nitrogens with one attached hydrogen (secondary N) is 3. The monoisotopic (exact) mass is 315 g/mol. The van der Waals surface area contributed by atoms with Crippen molar-refractivity contribution in [2.24, 2.45) is 0 Å². The zero-order valence-corrected chi connectivity index (χ0v) is 13.7. The first-order chi connectivity index (χ1) is 11.1. The summed E-state index contributed by atoms with van der Waals surface area (Å²) in [5, 5.41) is 8.53. The molecule has 0 heterocycles. The summed E-state index contributed by atoms with van der Waals surface area (Å²) in [7, 11) is 1.58. The second-order valence-electron chi connectivity index (χ2n) is 6.67. The first kappa shape index (κ1) is 15.8. The van der Waals surface area contributed by atoms with Crippen molar-refractivity contribution in [1.82, 2.24) is 10.6 Å². The molecule has 2 aliphatic carbocycles. The van der Waals surface area contributed by atoms with Crippen LogP contribution in [0.1, 0.15) is 50.5 Å². The summed E-state index contributed by atoms with van der Waals surface area (Å²) in [5.74, 6) is 0.183. The van der Waals surface area contributed by atoms with E-state index >= 15 is 0 Å². The van der Waals surface area contributed by atoms with Crippen LogP contribution >= 0.6 is 0 Å².